The van der Waals surface area contributed by atoms with Gasteiger partial charge < -0.3 is 14.0 Å². The van der Waals surface area contributed by atoms with E-state index in [-0.39, 0.29) is 6.10 Å². The van der Waals surface area contributed by atoms with Gasteiger partial charge in [-0.25, -0.2) is 4.98 Å². The summed E-state index contributed by atoms with van der Waals surface area (Å²) in [6.45, 7) is 1.32. The van der Waals surface area contributed by atoms with Crippen LogP contribution >= 0.6 is 24.2 Å². The van der Waals surface area contributed by atoms with Gasteiger partial charge in [0.25, 0.3) is 0 Å². The normalized spacial score (nSPS) is 25.3. The number of aryl methyl sites for hydroxylation is 1. The van der Waals surface area contributed by atoms with Crippen LogP contribution in [-0.4, -0.2) is 28.0 Å². The molecule has 0 unspecified atom stereocenters. The van der Waals surface area contributed by atoms with Gasteiger partial charge >= 0.3 is 0 Å². The molecular weight excluding hydrogens is 308 g/mol. The Kier molecular flexibility index (Phi) is 4.54. The van der Waals surface area contributed by atoms with Crippen molar-refractivity contribution in [3.63, 3.8) is 0 Å². The predicted molar refractivity (Wildman–Crippen MR) is 84.7 cm³/mol. The predicted octanol–water partition coefficient (Wildman–Crippen LogP) is 3.12. The van der Waals surface area contributed by atoms with Crippen LogP contribution in [0.3, 0.4) is 0 Å². The van der Waals surface area contributed by atoms with Gasteiger partial charge in [0.05, 0.1) is 19.0 Å². The van der Waals surface area contributed by atoms with Crippen molar-refractivity contribution in [3.8, 4) is 0 Å². The molecule has 0 saturated carbocycles. The Hall–Kier alpha value is -1.01. The molecule has 0 radical (unpaired) electrons. The fourth-order valence-corrected chi connectivity index (χ4v) is 2.79. The first-order chi connectivity index (χ1) is 10.2. The van der Waals surface area contributed by atoms with E-state index >= 15 is 0 Å². The van der Waals surface area contributed by atoms with Crippen LogP contribution in [0.15, 0.2) is 43.0 Å². The molecule has 0 amide bonds. The van der Waals surface area contributed by atoms with Gasteiger partial charge in [-0.05, 0) is 12.1 Å². The second kappa shape index (κ2) is 6.40. The molecule has 6 heteroatoms. The van der Waals surface area contributed by atoms with Crippen LogP contribution in [0.4, 0.5) is 0 Å². The molecule has 0 spiro atoms. The standard InChI is InChI=1S/C15H17ClN2O2S/c16-13-3-1-12(2-4-13)15(19-9-14(10-21)20-15)5-7-18-8-6-17-11-18/h1-4,6,8,11,14,21H,5,7,9-10H2/t14-,15-/m0/s1. The van der Waals surface area contributed by atoms with Crippen molar-refractivity contribution in [2.75, 3.05) is 12.4 Å². The number of halogens is 1. The molecule has 2 aromatic rings. The maximum Gasteiger partial charge on any atom is 0.197 e. The van der Waals surface area contributed by atoms with Gasteiger partial charge in [-0.1, -0.05) is 23.7 Å². The van der Waals surface area contributed by atoms with Crippen LogP contribution in [0, 0.1) is 0 Å². The summed E-state index contributed by atoms with van der Waals surface area (Å²) >= 11 is 10.3. The number of imidazole rings is 1. The second-order valence-corrected chi connectivity index (χ2v) is 5.85. The first-order valence-electron chi connectivity index (χ1n) is 6.86. The zero-order valence-electron chi connectivity index (χ0n) is 11.5. The van der Waals surface area contributed by atoms with Gasteiger partial charge in [0.2, 0.25) is 0 Å². The topological polar surface area (TPSA) is 36.3 Å². The van der Waals surface area contributed by atoms with Crippen LogP contribution in [0.2, 0.25) is 5.02 Å². The Morgan fingerprint density at radius 3 is 2.81 bits per heavy atom. The minimum Gasteiger partial charge on any atom is -0.343 e. The Bertz CT molecular complexity index is 576. The molecular formula is C15H17ClN2O2S. The van der Waals surface area contributed by atoms with Gasteiger partial charge in [0, 0.05) is 41.7 Å². The SMILES string of the molecule is SC[C@@H]1CO[C@](CCn2ccnc2)(c2ccc(Cl)cc2)O1. The second-order valence-electron chi connectivity index (χ2n) is 5.04. The molecule has 0 bridgehead atoms. The Morgan fingerprint density at radius 2 is 2.19 bits per heavy atom. The third-order valence-electron chi connectivity index (χ3n) is 3.61. The van der Waals surface area contributed by atoms with Crippen LogP contribution < -0.4 is 0 Å². The average molecular weight is 325 g/mol. The highest BCUT2D eigenvalue weighted by molar-refractivity contribution is 7.80. The number of aromatic nitrogens is 2. The quantitative estimate of drug-likeness (QED) is 0.858. The van der Waals surface area contributed by atoms with E-state index in [0.29, 0.717) is 23.8 Å². The maximum absolute atomic E-state index is 6.15. The van der Waals surface area contributed by atoms with E-state index in [2.05, 4.69) is 17.6 Å². The molecule has 4 nitrogen and oxygen atoms in total. The molecule has 0 aliphatic carbocycles. The number of nitrogens with zero attached hydrogens (tertiary/aromatic N) is 2. The summed E-state index contributed by atoms with van der Waals surface area (Å²) in [5.41, 5.74) is 0.983. The summed E-state index contributed by atoms with van der Waals surface area (Å²) in [5, 5.41) is 0.701. The van der Waals surface area contributed by atoms with Crippen molar-refractivity contribution in [2.24, 2.45) is 0 Å². The van der Waals surface area contributed by atoms with Crippen molar-refractivity contribution in [1.29, 1.82) is 0 Å². The van der Waals surface area contributed by atoms with Crippen LogP contribution in [0.25, 0.3) is 0 Å². The first kappa shape index (κ1) is 14.9. The van der Waals surface area contributed by atoms with Gasteiger partial charge in [0.1, 0.15) is 0 Å². The smallest absolute Gasteiger partial charge is 0.197 e. The molecule has 2 atom stereocenters. The van der Waals surface area contributed by atoms with Crippen molar-refractivity contribution in [1.82, 2.24) is 9.55 Å². The number of hydrogen-bond acceptors (Lipinski definition) is 4. The average Bonchev–Trinajstić information content (AvgIpc) is 3.16. The highest BCUT2D eigenvalue weighted by Crippen LogP contribution is 2.38. The highest BCUT2D eigenvalue weighted by Gasteiger charge is 2.42. The van der Waals surface area contributed by atoms with Crippen molar-refractivity contribution < 1.29 is 9.47 Å². The maximum atomic E-state index is 6.15. The van der Waals surface area contributed by atoms with Gasteiger partial charge in [0.15, 0.2) is 5.79 Å². The van der Waals surface area contributed by atoms with Gasteiger partial charge in [-0.15, -0.1) is 0 Å². The molecule has 112 valence electrons. The monoisotopic (exact) mass is 324 g/mol. The molecule has 3 rings (SSSR count). The molecule has 1 aliphatic rings. The number of rotatable bonds is 5. The lowest BCUT2D eigenvalue weighted by Gasteiger charge is -2.29. The van der Waals surface area contributed by atoms with Crippen LogP contribution in [0.1, 0.15) is 12.0 Å². The lowest BCUT2D eigenvalue weighted by Crippen LogP contribution is -2.30. The summed E-state index contributed by atoms with van der Waals surface area (Å²) in [5.74, 6) is -0.0946. The summed E-state index contributed by atoms with van der Waals surface area (Å²) in [4.78, 5) is 4.06. The van der Waals surface area contributed by atoms with E-state index in [9.17, 15) is 0 Å². The van der Waals surface area contributed by atoms with Gasteiger partial charge in [-0.3, -0.25) is 0 Å². The van der Waals surface area contributed by atoms with Crippen LogP contribution in [-0.2, 0) is 21.8 Å². The Balaban J connectivity index is 1.82. The molecule has 1 fully saturated rings. The summed E-state index contributed by atoms with van der Waals surface area (Å²) in [6, 6.07) is 7.63. The third-order valence-corrected chi connectivity index (χ3v) is 4.26. The van der Waals surface area contributed by atoms with Crippen LogP contribution in [0.5, 0.6) is 0 Å². The largest absolute Gasteiger partial charge is 0.343 e. The van der Waals surface area contributed by atoms with E-state index in [4.69, 9.17) is 21.1 Å². The number of ether oxygens (including phenoxy) is 2. The number of thiol groups is 1. The van der Waals surface area contributed by atoms with Crippen molar-refractivity contribution >= 4 is 24.2 Å². The molecule has 1 aromatic carbocycles. The summed E-state index contributed by atoms with van der Waals surface area (Å²) < 4.78 is 14.2. The molecule has 1 saturated heterocycles. The zero-order chi connectivity index (χ0) is 14.7. The minimum absolute atomic E-state index is 0.00630. The lowest BCUT2D eigenvalue weighted by molar-refractivity contribution is -0.181. The van der Waals surface area contributed by atoms with Crippen molar-refractivity contribution in [3.05, 3.63) is 53.6 Å². The molecule has 21 heavy (non-hydrogen) atoms. The number of benzene rings is 1. The van der Waals surface area contributed by atoms with E-state index in [1.807, 2.05) is 35.0 Å². The molecule has 1 aliphatic heterocycles. The van der Waals surface area contributed by atoms with E-state index < -0.39 is 5.79 Å². The minimum atomic E-state index is -0.734. The highest BCUT2D eigenvalue weighted by atomic mass is 35.5. The Morgan fingerprint density at radius 1 is 1.38 bits per heavy atom. The number of hydrogen-bond donors (Lipinski definition) is 1. The fraction of sp³-hybridized carbons (Fsp3) is 0.400. The fourth-order valence-electron chi connectivity index (χ4n) is 2.48. The molecule has 2 heterocycles. The van der Waals surface area contributed by atoms with E-state index in [1.165, 1.54) is 0 Å². The summed E-state index contributed by atoms with van der Waals surface area (Å²) in [6.07, 6.45) is 6.20. The van der Waals surface area contributed by atoms with Gasteiger partial charge in [-0.2, -0.15) is 12.6 Å². The third kappa shape index (κ3) is 3.26. The zero-order valence-corrected chi connectivity index (χ0v) is 13.1. The molecule has 1 aromatic heterocycles. The van der Waals surface area contributed by atoms with Crippen molar-refractivity contribution in [2.45, 2.75) is 24.9 Å². The first-order valence-corrected chi connectivity index (χ1v) is 7.87. The van der Waals surface area contributed by atoms with E-state index in [0.717, 1.165) is 12.1 Å². The Labute approximate surface area is 134 Å². The lowest BCUT2D eigenvalue weighted by atomic mass is 10.0. The summed E-state index contributed by atoms with van der Waals surface area (Å²) in [7, 11) is 0. The van der Waals surface area contributed by atoms with E-state index in [1.54, 1.807) is 12.5 Å². The molecule has 0 N–H and O–H groups in total.